The average Bonchev–Trinajstić information content (AvgIpc) is 2.74. The number of sulfonamides is 1. The van der Waals surface area contributed by atoms with Crippen LogP contribution >= 0.6 is 15.9 Å². The first kappa shape index (κ1) is 22.6. The van der Waals surface area contributed by atoms with E-state index >= 15 is 0 Å². The van der Waals surface area contributed by atoms with Crippen LogP contribution in [0.1, 0.15) is 42.2 Å². The van der Waals surface area contributed by atoms with Crippen LogP contribution in [0.4, 0.5) is 0 Å². The molecule has 0 radical (unpaired) electrons. The number of ether oxygens (including phenoxy) is 2. The maximum Gasteiger partial charge on any atom is 0.251 e. The van der Waals surface area contributed by atoms with E-state index in [1.165, 1.54) is 23.5 Å². The van der Waals surface area contributed by atoms with Crippen LogP contribution in [-0.4, -0.2) is 45.4 Å². The second-order valence-corrected chi connectivity index (χ2v) is 9.62. The van der Waals surface area contributed by atoms with E-state index in [1.54, 1.807) is 19.9 Å². The molecule has 0 spiro atoms. The number of nitrogens with one attached hydrogen (secondary N) is 1. The van der Waals surface area contributed by atoms with Crippen molar-refractivity contribution in [2.75, 3.05) is 26.8 Å². The fourth-order valence-corrected chi connectivity index (χ4v) is 5.50. The third-order valence-corrected chi connectivity index (χ3v) is 7.63. The molecule has 2 aromatic carbocycles. The number of carbonyl (C=O) groups is 1. The number of amides is 1. The quantitative estimate of drug-likeness (QED) is 0.630. The van der Waals surface area contributed by atoms with Crippen molar-refractivity contribution in [1.82, 2.24) is 9.62 Å². The summed E-state index contributed by atoms with van der Waals surface area (Å²) in [4.78, 5) is 13.0. The highest BCUT2D eigenvalue weighted by molar-refractivity contribution is 9.10. The standard InChI is InChI=1S/C21H25BrN2O5S/c1-4-24(5-2)30(26,27)20-12-14(6-8-19(20)28-3)21(25)23-17-10-11-29-18-9-7-15(22)13-16(17)18/h6-9,12-13,17H,4-5,10-11H2,1-3H3,(H,23,25). The van der Waals surface area contributed by atoms with Crippen LogP contribution < -0.4 is 14.8 Å². The van der Waals surface area contributed by atoms with Gasteiger partial charge in [0.1, 0.15) is 16.4 Å². The fourth-order valence-electron chi connectivity index (χ4n) is 3.48. The van der Waals surface area contributed by atoms with Crippen LogP contribution in [-0.2, 0) is 10.0 Å². The number of hydrogen-bond acceptors (Lipinski definition) is 5. The van der Waals surface area contributed by atoms with Gasteiger partial charge in [-0.2, -0.15) is 4.31 Å². The van der Waals surface area contributed by atoms with Gasteiger partial charge in [0.2, 0.25) is 10.0 Å². The van der Waals surface area contributed by atoms with Gasteiger partial charge < -0.3 is 14.8 Å². The minimum Gasteiger partial charge on any atom is -0.495 e. The van der Waals surface area contributed by atoms with Crippen LogP contribution in [0.25, 0.3) is 0 Å². The molecule has 1 unspecified atom stereocenters. The highest BCUT2D eigenvalue weighted by Gasteiger charge is 2.28. The number of hydrogen-bond donors (Lipinski definition) is 1. The summed E-state index contributed by atoms with van der Waals surface area (Å²) in [6.07, 6.45) is 0.621. The number of halogens is 1. The van der Waals surface area contributed by atoms with Gasteiger partial charge in [-0.05, 0) is 36.4 Å². The second kappa shape index (κ2) is 9.36. The lowest BCUT2D eigenvalue weighted by Gasteiger charge is -2.27. The number of rotatable bonds is 7. The van der Waals surface area contributed by atoms with Gasteiger partial charge in [-0.1, -0.05) is 29.8 Å². The molecule has 0 aromatic heterocycles. The first-order valence-corrected chi connectivity index (χ1v) is 12.0. The van der Waals surface area contributed by atoms with E-state index in [-0.39, 0.29) is 28.2 Å². The Morgan fingerprint density at radius 1 is 1.23 bits per heavy atom. The van der Waals surface area contributed by atoms with Gasteiger partial charge in [0.15, 0.2) is 0 Å². The zero-order chi connectivity index (χ0) is 21.9. The number of carbonyl (C=O) groups excluding carboxylic acids is 1. The summed E-state index contributed by atoms with van der Waals surface area (Å²) in [5.74, 6) is 0.583. The Morgan fingerprint density at radius 3 is 2.63 bits per heavy atom. The summed E-state index contributed by atoms with van der Waals surface area (Å²) in [5.41, 5.74) is 1.14. The molecule has 1 aliphatic heterocycles. The van der Waals surface area contributed by atoms with Crippen molar-refractivity contribution in [1.29, 1.82) is 0 Å². The van der Waals surface area contributed by atoms with E-state index in [4.69, 9.17) is 9.47 Å². The van der Waals surface area contributed by atoms with Crippen LogP contribution in [0.2, 0.25) is 0 Å². The van der Waals surface area contributed by atoms with Crippen LogP contribution in [0, 0.1) is 0 Å². The van der Waals surface area contributed by atoms with Crippen molar-refractivity contribution < 1.29 is 22.7 Å². The van der Waals surface area contributed by atoms with E-state index in [1.807, 2.05) is 18.2 Å². The third-order valence-electron chi connectivity index (χ3n) is 5.07. The molecule has 3 rings (SSSR count). The molecule has 162 valence electrons. The molecule has 1 amide bonds. The predicted molar refractivity (Wildman–Crippen MR) is 118 cm³/mol. The van der Waals surface area contributed by atoms with E-state index in [0.29, 0.717) is 26.1 Å². The first-order chi connectivity index (χ1) is 14.3. The Kier molecular flexibility index (Phi) is 7.05. The summed E-state index contributed by atoms with van der Waals surface area (Å²) in [6, 6.07) is 9.89. The minimum absolute atomic E-state index is 0.0172. The van der Waals surface area contributed by atoms with Gasteiger partial charge in [0.05, 0.1) is 19.8 Å². The lowest BCUT2D eigenvalue weighted by Crippen LogP contribution is -2.33. The Hall–Kier alpha value is -2.10. The number of fused-ring (bicyclic) bond motifs is 1. The summed E-state index contributed by atoms with van der Waals surface area (Å²) < 4.78 is 39.2. The summed E-state index contributed by atoms with van der Waals surface area (Å²) in [6.45, 7) is 4.68. The van der Waals surface area contributed by atoms with E-state index in [9.17, 15) is 13.2 Å². The van der Waals surface area contributed by atoms with Gasteiger partial charge in [0, 0.05) is 35.1 Å². The Bertz CT molecular complexity index is 1040. The lowest BCUT2D eigenvalue weighted by molar-refractivity contribution is 0.0924. The average molecular weight is 497 g/mol. The molecule has 9 heteroatoms. The van der Waals surface area contributed by atoms with Crippen LogP contribution in [0.15, 0.2) is 45.8 Å². The zero-order valence-corrected chi connectivity index (χ0v) is 19.5. The first-order valence-electron chi connectivity index (χ1n) is 9.73. The summed E-state index contributed by atoms with van der Waals surface area (Å²) in [5, 5.41) is 3.00. The molecule has 1 atom stereocenters. The molecule has 0 aliphatic carbocycles. The Labute approximate surface area is 185 Å². The molecule has 0 fully saturated rings. The Balaban J connectivity index is 1.92. The maximum atomic E-state index is 13.0. The van der Waals surface area contributed by atoms with Gasteiger partial charge >= 0.3 is 0 Å². The third kappa shape index (κ3) is 4.48. The van der Waals surface area contributed by atoms with E-state index in [0.717, 1.165) is 15.8 Å². The molecule has 0 saturated carbocycles. The van der Waals surface area contributed by atoms with Crippen molar-refractivity contribution in [3.8, 4) is 11.5 Å². The van der Waals surface area contributed by atoms with Crippen molar-refractivity contribution in [2.45, 2.75) is 31.2 Å². The van der Waals surface area contributed by atoms with Crippen molar-refractivity contribution >= 4 is 31.9 Å². The molecule has 30 heavy (non-hydrogen) atoms. The Morgan fingerprint density at radius 2 is 1.97 bits per heavy atom. The van der Waals surface area contributed by atoms with Gasteiger partial charge in [-0.3, -0.25) is 4.79 Å². The highest BCUT2D eigenvalue weighted by atomic mass is 79.9. The predicted octanol–water partition coefficient (Wildman–Crippen LogP) is 3.74. The van der Waals surface area contributed by atoms with Crippen molar-refractivity contribution in [3.63, 3.8) is 0 Å². The molecular formula is C21H25BrN2O5S. The molecule has 0 bridgehead atoms. The van der Waals surface area contributed by atoms with Crippen LogP contribution in [0.5, 0.6) is 11.5 Å². The maximum absolute atomic E-state index is 13.0. The molecule has 1 N–H and O–H groups in total. The van der Waals surface area contributed by atoms with E-state index < -0.39 is 10.0 Å². The number of methoxy groups -OCH3 is 1. The van der Waals surface area contributed by atoms with Gasteiger partial charge in [-0.15, -0.1) is 0 Å². The normalized spacial score (nSPS) is 16.0. The minimum atomic E-state index is -3.79. The van der Waals surface area contributed by atoms with Crippen LogP contribution in [0.3, 0.4) is 0 Å². The summed E-state index contributed by atoms with van der Waals surface area (Å²) >= 11 is 3.45. The topological polar surface area (TPSA) is 84.9 Å². The summed E-state index contributed by atoms with van der Waals surface area (Å²) in [7, 11) is -2.38. The zero-order valence-electron chi connectivity index (χ0n) is 17.1. The lowest BCUT2D eigenvalue weighted by atomic mass is 10.00. The molecule has 1 heterocycles. The van der Waals surface area contributed by atoms with Gasteiger partial charge in [0.25, 0.3) is 5.91 Å². The highest BCUT2D eigenvalue weighted by Crippen LogP contribution is 2.34. The second-order valence-electron chi connectivity index (χ2n) is 6.80. The number of nitrogens with zero attached hydrogens (tertiary/aromatic N) is 1. The molecule has 7 nitrogen and oxygen atoms in total. The largest absolute Gasteiger partial charge is 0.495 e. The van der Waals surface area contributed by atoms with Gasteiger partial charge in [-0.25, -0.2) is 8.42 Å². The SMILES string of the molecule is CCN(CC)S(=O)(=O)c1cc(C(=O)NC2CCOc3ccc(Br)cc32)ccc1OC. The molecule has 0 saturated heterocycles. The van der Waals surface area contributed by atoms with Crippen molar-refractivity contribution in [2.24, 2.45) is 0 Å². The monoisotopic (exact) mass is 496 g/mol. The molecular weight excluding hydrogens is 472 g/mol. The van der Waals surface area contributed by atoms with Crippen molar-refractivity contribution in [3.05, 3.63) is 52.0 Å². The smallest absolute Gasteiger partial charge is 0.251 e. The fraction of sp³-hybridized carbons (Fsp3) is 0.381. The molecule has 1 aliphatic rings. The molecule has 2 aromatic rings. The number of benzene rings is 2. The van der Waals surface area contributed by atoms with E-state index in [2.05, 4.69) is 21.2 Å².